The average molecular weight is 332 g/mol. The lowest BCUT2D eigenvalue weighted by Gasteiger charge is -2.11. The molecule has 2 aromatic rings. The first kappa shape index (κ1) is 17.4. The van der Waals surface area contributed by atoms with Gasteiger partial charge in [-0.3, -0.25) is 4.79 Å². The number of rotatable bonds is 6. The van der Waals surface area contributed by atoms with Crippen molar-refractivity contribution in [2.24, 2.45) is 0 Å². The van der Waals surface area contributed by atoms with E-state index in [0.29, 0.717) is 24.5 Å². The summed E-state index contributed by atoms with van der Waals surface area (Å²) in [7, 11) is 0. The summed E-state index contributed by atoms with van der Waals surface area (Å²) in [5.41, 5.74) is 4.09. The molecular formula is C19H22ClNO2. The smallest absolute Gasteiger partial charge is 0.224 e. The maximum atomic E-state index is 12.0. The number of hydrogen-bond acceptors (Lipinski definition) is 2. The van der Waals surface area contributed by atoms with Gasteiger partial charge < -0.3 is 10.1 Å². The highest BCUT2D eigenvalue weighted by atomic mass is 35.5. The van der Waals surface area contributed by atoms with Crippen molar-refractivity contribution in [3.8, 4) is 5.75 Å². The molecule has 0 aliphatic carbocycles. The van der Waals surface area contributed by atoms with E-state index in [1.165, 1.54) is 5.56 Å². The molecule has 1 N–H and O–H groups in total. The van der Waals surface area contributed by atoms with Gasteiger partial charge in [0.25, 0.3) is 0 Å². The standard InChI is InChI=1S/C19H22ClNO2/c1-13-6-9-18(15(3)11-13)23-10-4-5-19(22)21-17-8-7-16(20)12-14(17)2/h6-9,11-12H,4-5,10H2,1-3H3,(H,21,22). The molecule has 3 nitrogen and oxygen atoms in total. The molecule has 0 aliphatic heterocycles. The number of carbonyl (C=O) groups excluding carboxylic acids is 1. The van der Waals surface area contributed by atoms with E-state index in [1.54, 1.807) is 6.07 Å². The third-order valence-corrected chi connectivity index (χ3v) is 3.83. The van der Waals surface area contributed by atoms with Crippen molar-refractivity contribution < 1.29 is 9.53 Å². The van der Waals surface area contributed by atoms with Crippen molar-refractivity contribution in [2.45, 2.75) is 33.6 Å². The van der Waals surface area contributed by atoms with E-state index in [0.717, 1.165) is 22.6 Å². The zero-order valence-electron chi connectivity index (χ0n) is 13.8. The highest BCUT2D eigenvalue weighted by Gasteiger charge is 2.06. The zero-order valence-corrected chi connectivity index (χ0v) is 14.5. The number of hydrogen-bond donors (Lipinski definition) is 1. The third kappa shape index (κ3) is 5.29. The van der Waals surface area contributed by atoms with Crippen molar-refractivity contribution in [1.82, 2.24) is 0 Å². The molecule has 2 rings (SSSR count). The Bertz CT molecular complexity index is 698. The molecule has 2 aromatic carbocycles. The summed E-state index contributed by atoms with van der Waals surface area (Å²) in [5, 5.41) is 3.57. The molecular weight excluding hydrogens is 310 g/mol. The molecule has 0 fully saturated rings. The summed E-state index contributed by atoms with van der Waals surface area (Å²) < 4.78 is 5.73. The van der Waals surface area contributed by atoms with E-state index in [1.807, 2.05) is 38.1 Å². The lowest BCUT2D eigenvalue weighted by atomic mass is 10.1. The largest absolute Gasteiger partial charge is 0.493 e. The second kappa shape index (κ2) is 8.02. The van der Waals surface area contributed by atoms with E-state index in [4.69, 9.17) is 16.3 Å². The fraction of sp³-hybridized carbons (Fsp3) is 0.316. The van der Waals surface area contributed by atoms with E-state index in [-0.39, 0.29) is 5.91 Å². The molecule has 0 radical (unpaired) electrons. The highest BCUT2D eigenvalue weighted by molar-refractivity contribution is 6.30. The summed E-state index contributed by atoms with van der Waals surface area (Å²) >= 11 is 5.91. The SMILES string of the molecule is Cc1ccc(OCCCC(=O)Nc2ccc(Cl)cc2C)c(C)c1. The van der Waals surface area contributed by atoms with Gasteiger partial charge in [0.1, 0.15) is 5.75 Å². The van der Waals surface area contributed by atoms with Crippen LogP contribution in [0.3, 0.4) is 0 Å². The molecule has 0 unspecified atom stereocenters. The number of halogens is 1. The number of carbonyl (C=O) groups is 1. The van der Waals surface area contributed by atoms with Crippen LogP contribution in [0, 0.1) is 20.8 Å². The van der Waals surface area contributed by atoms with Crippen molar-refractivity contribution in [2.75, 3.05) is 11.9 Å². The summed E-state index contributed by atoms with van der Waals surface area (Å²) in [5.74, 6) is 0.865. The van der Waals surface area contributed by atoms with E-state index in [2.05, 4.69) is 18.3 Å². The summed E-state index contributed by atoms with van der Waals surface area (Å²) in [6.07, 6.45) is 1.10. The van der Waals surface area contributed by atoms with Gasteiger partial charge in [-0.05, 0) is 62.6 Å². The predicted octanol–water partition coefficient (Wildman–Crippen LogP) is 5.06. The van der Waals surface area contributed by atoms with E-state index < -0.39 is 0 Å². The Kier molecular flexibility index (Phi) is 6.05. The molecule has 0 spiro atoms. The number of nitrogens with one attached hydrogen (secondary N) is 1. The molecule has 0 saturated carbocycles. The molecule has 0 aliphatic rings. The lowest BCUT2D eigenvalue weighted by molar-refractivity contribution is -0.116. The van der Waals surface area contributed by atoms with Gasteiger partial charge in [-0.25, -0.2) is 0 Å². The summed E-state index contributed by atoms with van der Waals surface area (Å²) in [4.78, 5) is 12.0. The Morgan fingerprint density at radius 2 is 1.87 bits per heavy atom. The lowest BCUT2D eigenvalue weighted by Crippen LogP contribution is -2.13. The van der Waals surface area contributed by atoms with E-state index >= 15 is 0 Å². The molecule has 23 heavy (non-hydrogen) atoms. The summed E-state index contributed by atoms with van der Waals surface area (Å²) in [6.45, 7) is 6.53. The van der Waals surface area contributed by atoms with Crippen LogP contribution in [0.15, 0.2) is 36.4 Å². The molecule has 4 heteroatoms. The Hall–Kier alpha value is -2.00. The average Bonchev–Trinajstić information content (AvgIpc) is 2.48. The maximum Gasteiger partial charge on any atom is 0.224 e. The first-order valence-electron chi connectivity index (χ1n) is 7.72. The van der Waals surface area contributed by atoms with Crippen LogP contribution in [0.25, 0.3) is 0 Å². The minimum Gasteiger partial charge on any atom is -0.493 e. The number of benzene rings is 2. The van der Waals surface area contributed by atoms with Crippen LogP contribution < -0.4 is 10.1 Å². The number of ether oxygens (including phenoxy) is 1. The first-order valence-corrected chi connectivity index (χ1v) is 8.09. The Balaban J connectivity index is 1.76. The van der Waals surface area contributed by atoms with Gasteiger partial charge in [0.15, 0.2) is 0 Å². The van der Waals surface area contributed by atoms with Crippen LogP contribution in [0.1, 0.15) is 29.5 Å². The van der Waals surface area contributed by atoms with Crippen molar-refractivity contribution in [1.29, 1.82) is 0 Å². The monoisotopic (exact) mass is 331 g/mol. The molecule has 122 valence electrons. The van der Waals surface area contributed by atoms with Gasteiger partial charge >= 0.3 is 0 Å². The second-order valence-electron chi connectivity index (χ2n) is 5.73. The molecule has 1 amide bonds. The number of amides is 1. The molecule has 0 bridgehead atoms. The number of anilines is 1. The van der Waals surface area contributed by atoms with Gasteiger partial charge in [0, 0.05) is 17.1 Å². The van der Waals surface area contributed by atoms with Crippen LogP contribution in [-0.4, -0.2) is 12.5 Å². The highest BCUT2D eigenvalue weighted by Crippen LogP contribution is 2.20. The van der Waals surface area contributed by atoms with Crippen molar-refractivity contribution in [3.05, 3.63) is 58.1 Å². The fourth-order valence-electron chi connectivity index (χ4n) is 2.36. The zero-order chi connectivity index (χ0) is 16.8. The van der Waals surface area contributed by atoms with Gasteiger partial charge in [-0.1, -0.05) is 29.3 Å². The van der Waals surface area contributed by atoms with Crippen LogP contribution in [0.5, 0.6) is 5.75 Å². The van der Waals surface area contributed by atoms with Crippen molar-refractivity contribution in [3.63, 3.8) is 0 Å². The normalized spacial score (nSPS) is 10.4. The van der Waals surface area contributed by atoms with E-state index in [9.17, 15) is 4.79 Å². The molecule has 0 atom stereocenters. The van der Waals surface area contributed by atoms with Crippen LogP contribution >= 0.6 is 11.6 Å². The quantitative estimate of drug-likeness (QED) is 0.751. The van der Waals surface area contributed by atoms with Crippen LogP contribution in [0.4, 0.5) is 5.69 Å². The first-order chi connectivity index (χ1) is 11.0. The fourth-order valence-corrected chi connectivity index (χ4v) is 2.58. The van der Waals surface area contributed by atoms with Gasteiger partial charge in [0.05, 0.1) is 6.61 Å². The molecule has 0 heterocycles. The van der Waals surface area contributed by atoms with Gasteiger partial charge in [0.2, 0.25) is 5.91 Å². The topological polar surface area (TPSA) is 38.3 Å². The third-order valence-electron chi connectivity index (χ3n) is 3.60. The molecule has 0 aromatic heterocycles. The number of aryl methyl sites for hydroxylation is 3. The van der Waals surface area contributed by atoms with Gasteiger partial charge in [-0.15, -0.1) is 0 Å². The summed E-state index contributed by atoms with van der Waals surface area (Å²) in [6, 6.07) is 11.5. The second-order valence-corrected chi connectivity index (χ2v) is 6.16. The Morgan fingerprint density at radius 3 is 2.57 bits per heavy atom. The van der Waals surface area contributed by atoms with Crippen molar-refractivity contribution >= 4 is 23.2 Å². The molecule has 0 saturated heterocycles. The minimum absolute atomic E-state index is 0.0142. The minimum atomic E-state index is -0.0142. The Labute approximate surface area is 142 Å². The van der Waals surface area contributed by atoms with Crippen LogP contribution in [-0.2, 0) is 4.79 Å². The Morgan fingerprint density at radius 1 is 1.09 bits per heavy atom. The van der Waals surface area contributed by atoms with Gasteiger partial charge in [-0.2, -0.15) is 0 Å². The predicted molar refractivity (Wildman–Crippen MR) is 95.5 cm³/mol. The maximum absolute atomic E-state index is 12.0. The van der Waals surface area contributed by atoms with Crippen LogP contribution in [0.2, 0.25) is 5.02 Å².